The number of carbonyl (C=O) groups is 4. The van der Waals surface area contributed by atoms with Crippen molar-refractivity contribution < 1.29 is 38.1 Å². The van der Waals surface area contributed by atoms with Gasteiger partial charge >= 0.3 is 12.2 Å². The number of H-pyrrole nitrogens is 2. The average molecular weight is 815 g/mol. The van der Waals surface area contributed by atoms with Gasteiger partial charge in [-0.3, -0.25) is 9.59 Å². The summed E-state index contributed by atoms with van der Waals surface area (Å²) >= 11 is 0. The van der Waals surface area contributed by atoms with Gasteiger partial charge in [-0.05, 0) is 73.7 Å². The van der Waals surface area contributed by atoms with Crippen LogP contribution >= 0.6 is 0 Å². The van der Waals surface area contributed by atoms with Crippen LogP contribution < -0.4 is 15.4 Å². The lowest BCUT2D eigenvalue weighted by Crippen LogP contribution is -2.54. The van der Waals surface area contributed by atoms with E-state index >= 15 is 0 Å². The SMILES string of the molecule is COC(=O)N[C@H](C(=O)N1CCCC1c1ncc(-c2cccc(Oc3ccc(-c4cnc([C@@H]5C[Si](C)(C)CN5C(=O)[C@@H](NC(=O)OC)C(C)OC)[nH]4)cc3)c2)[nH]1)C(C)C. The van der Waals surface area contributed by atoms with Crippen molar-refractivity contribution >= 4 is 32.1 Å². The van der Waals surface area contributed by atoms with Gasteiger partial charge in [0.2, 0.25) is 11.8 Å². The van der Waals surface area contributed by atoms with Gasteiger partial charge in [-0.25, -0.2) is 19.6 Å². The van der Waals surface area contributed by atoms with Gasteiger partial charge < -0.3 is 49.3 Å². The molecule has 4 heterocycles. The summed E-state index contributed by atoms with van der Waals surface area (Å²) in [6, 6.07) is 14.0. The summed E-state index contributed by atoms with van der Waals surface area (Å²) in [5.41, 5.74) is 3.36. The molecule has 2 aromatic carbocycles. The highest BCUT2D eigenvalue weighted by molar-refractivity contribution is 6.78. The number of nitrogens with one attached hydrogen (secondary N) is 4. The van der Waals surface area contributed by atoms with Gasteiger partial charge in [0.15, 0.2) is 0 Å². The Balaban J connectivity index is 1.12. The first-order chi connectivity index (χ1) is 27.7. The van der Waals surface area contributed by atoms with Crippen molar-refractivity contribution in [1.82, 2.24) is 40.4 Å². The fraction of sp³-hybridized carbons (Fsp3) is 0.463. The Bertz CT molecular complexity index is 2080. The van der Waals surface area contributed by atoms with Crippen LogP contribution in [0.5, 0.6) is 11.5 Å². The summed E-state index contributed by atoms with van der Waals surface area (Å²) in [5, 5.41) is 5.34. The number of likely N-dealkylation sites (tertiary alicyclic amines) is 1. The zero-order chi connectivity index (χ0) is 41.7. The van der Waals surface area contributed by atoms with Crippen molar-refractivity contribution in [2.45, 2.75) is 83.0 Å². The van der Waals surface area contributed by atoms with Crippen LogP contribution in [-0.2, 0) is 23.8 Å². The van der Waals surface area contributed by atoms with Crippen LogP contribution in [0, 0.1) is 5.92 Å². The van der Waals surface area contributed by atoms with E-state index in [4.69, 9.17) is 23.9 Å². The molecule has 310 valence electrons. The smallest absolute Gasteiger partial charge is 0.407 e. The van der Waals surface area contributed by atoms with Gasteiger partial charge in [0.25, 0.3) is 0 Å². The van der Waals surface area contributed by atoms with Crippen LogP contribution in [0.3, 0.4) is 0 Å². The van der Waals surface area contributed by atoms with Gasteiger partial charge in [-0.2, -0.15) is 0 Å². The Morgan fingerprint density at radius 2 is 1.38 bits per heavy atom. The predicted molar refractivity (Wildman–Crippen MR) is 219 cm³/mol. The van der Waals surface area contributed by atoms with Crippen molar-refractivity contribution in [1.29, 1.82) is 0 Å². The highest BCUT2D eigenvalue weighted by Crippen LogP contribution is 2.38. The Kier molecular flexibility index (Phi) is 12.9. The average Bonchev–Trinajstić information content (AvgIpc) is 4.05. The molecule has 2 unspecified atom stereocenters. The van der Waals surface area contributed by atoms with E-state index in [0.717, 1.165) is 41.4 Å². The standard InChI is InChI=1S/C41H54N8O8Si/c1-24(2)34(46-40(52)55-5)38(50)48-18-10-13-32(48)36-42-21-31(45-36)27-11-9-12-29(19-27)57-28-16-14-26(15-17-28)30-20-43-37(44-30)33-22-58(7,8)23-49(33)39(51)35(25(3)54-4)47-41(53)56-6/h9,11-12,14-17,19-21,24-25,32-35H,10,13,18,22-23H2,1-8H3,(H,42,45)(H,43,44)(H,46,52)(H,47,53)/t25?,32?,33-,34-,35-/m0/s1. The molecule has 2 aromatic heterocycles. The minimum atomic E-state index is -1.81. The second-order valence-electron chi connectivity index (χ2n) is 16.0. The Morgan fingerprint density at radius 1 is 0.776 bits per heavy atom. The fourth-order valence-electron chi connectivity index (χ4n) is 7.69. The molecule has 0 aliphatic carbocycles. The van der Waals surface area contributed by atoms with Crippen molar-refractivity contribution in [3.05, 3.63) is 72.6 Å². The lowest BCUT2D eigenvalue weighted by Gasteiger charge is -2.31. The molecular weight excluding hydrogens is 761 g/mol. The molecule has 6 rings (SSSR count). The summed E-state index contributed by atoms with van der Waals surface area (Å²) in [6.45, 7) is 10.6. The maximum Gasteiger partial charge on any atom is 0.407 e. The third kappa shape index (κ3) is 9.36. The summed E-state index contributed by atoms with van der Waals surface area (Å²) < 4.78 is 21.3. The maximum absolute atomic E-state index is 13.9. The molecule has 0 radical (unpaired) electrons. The summed E-state index contributed by atoms with van der Waals surface area (Å²) in [5.74, 6) is 2.12. The molecule has 2 aliphatic heterocycles. The monoisotopic (exact) mass is 814 g/mol. The number of hydrogen-bond donors (Lipinski definition) is 4. The summed E-state index contributed by atoms with van der Waals surface area (Å²) in [7, 11) is 2.24. The number of carbonyl (C=O) groups excluding carboxylic acids is 4. The molecular formula is C41H54N8O8Si. The molecule has 0 saturated carbocycles. The third-order valence-corrected chi connectivity index (χ3v) is 13.6. The molecule has 2 saturated heterocycles. The lowest BCUT2D eigenvalue weighted by molar-refractivity contribution is -0.137. The van der Waals surface area contributed by atoms with Gasteiger partial charge in [-0.1, -0.05) is 39.1 Å². The van der Waals surface area contributed by atoms with Crippen LogP contribution in [0.25, 0.3) is 22.5 Å². The Labute approximate surface area is 339 Å². The summed E-state index contributed by atoms with van der Waals surface area (Å²) in [6.07, 6.45) is 3.83. The van der Waals surface area contributed by atoms with E-state index in [1.807, 2.05) is 67.3 Å². The maximum atomic E-state index is 13.9. The highest BCUT2D eigenvalue weighted by Gasteiger charge is 2.46. The number of ether oxygens (including phenoxy) is 4. The van der Waals surface area contributed by atoms with Crippen molar-refractivity contribution in [2.75, 3.05) is 34.0 Å². The van der Waals surface area contributed by atoms with Crippen LogP contribution in [-0.4, -0.2) is 114 Å². The number of aromatic amines is 2. The van der Waals surface area contributed by atoms with Crippen molar-refractivity contribution in [2.24, 2.45) is 5.92 Å². The number of benzene rings is 2. The van der Waals surface area contributed by atoms with Gasteiger partial charge in [-0.15, -0.1) is 0 Å². The van der Waals surface area contributed by atoms with E-state index in [1.54, 1.807) is 24.2 Å². The van der Waals surface area contributed by atoms with Crippen LogP contribution in [0.1, 0.15) is 57.3 Å². The molecule has 4 N–H and O–H groups in total. The number of alkyl carbamates (subject to hydrolysis) is 2. The van der Waals surface area contributed by atoms with E-state index in [0.29, 0.717) is 35.9 Å². The predicted octanol–water partition coefficient (Wildman–Crippen LogP) is 6.19. The Morgan fingerprint density at radius 3 is 2.00 bits per heavy atom. The van der Waals surface area contributed by atoms with E-state index in [-0.39, 0.29) is 29.8 Å². The quantitative estimate of drug-likeness (QED) is 0.113. The summed E-state index contributed by atoms with van der Waals surface area (Å²) in [4.78, 5) is 71.4. The van der Waals surface area contributed by atoms with Crippen LogP contribution in [0.2, 0.25) is 19.1 Å². The molecule has 17 heteroatoms. The molecule has 58 heavy (non-hydrogen) atoms. The number of imidazole rings is 2. The second kappa shape index (κ2) is 17.8. The molecule has 2 aliphatic rings. The third-order valence-electron chi connectivity index (χ3n) is 10.9. The van der Waals surface area contributed by atoms with Crippen molar-refractivity contribution in [3.8, 4) is 34.0 Å². The number of hydrogen-bond acceptors (Lipinski definition) is 10. The molecule has 5 atom stereocenters. The van der Waals surface area contributed by atoms with Crippen LogP contribution in [0.15, 0.2) is 60.9 Å². The first kappa shape index (κ1) is 41.9. The molecule has 0 bridgehead atoms. The van der Waals surface area contributed by atoms with Crippen LogP contribution in [0.4, 0.5) is 9.59 Å². The van der Waals surface area contributed by atoms with Gasteiger partial charge in [0.1, 0.15) is 35.2 Å². The van der Waals surface area contributed by atoms with E-state index in [1.165, 1.54) is 21.3 Å². The van der Waals surface area contributed by atoms with Gasteiger partial charge in [0.05, 0.1) is 64.3 Å². The normalized spacial score (nSPS) is 19.1. The fourth-order valence-corrected chi connectivity index (χ4v) is 10.6. The van der Waals surface area contributed by atoms with Gasteiger partial charge in [0, 0.05) is 25.4 Å². The highest BCUT2D eigenvalue weighted by atomic mass is 28.3. The molecule has 4 aromatic rings. The first-order valence-electron chi connectivity index (χ1n) is 19.5. The molecule has 0 spiro atoms. The zero-order valence-electron chi connectivity index (χ0n) is 34.3. The van der Waals surface area contributed by atoms with Crippen molar-refractivity contribution in [3.63, 3.8) is 0 Å². The van der Waals surface area contributed by atoms with E-state index in [2.05, 4.69) is 38.7 Å². The number of aromatic nitrogens is 4. The topological polar surface area (TPSA) is 193 Å². The molecule has 4 amide bonds. The first-order valence-corrected chi connectivity index (χ1v) is 22.9. The minimum Gasteiger partial charge on any atom is -0.457 e. The van der Waals surface area contributed by atoms with E-state index in [9.17, 15) is 19.2 Å². The lowest BCUT2D eigenvalue weighted by atomic mass is 10.0. The molecule has 2 fully saturated rings. The second-order valence-corrected chi connectivity index (χ2v) is 21.0. The number of rotatable bonds is 13. The number of amides is 4. The Hall–Kier alpha value is -5.68. The minimum absolute atomic E-state index is 0.123. The molecule has 16 nitrogen and oxygen atoms in total. The zero-order valence-corrected chi connectivity index (χ0v) is 35.3. The van der Waals surface area contributed by atoms with E-state index < -0.39 is 38.4 Å². The number of methoxy groups -OCH3 is 3. The largest absolute Gasteiger partial charge is 0.457 e. The number of nitrogens with zero attached hydrogens (tertiary/aromatic N) is 4.